The first kappa shape index (κ1) is 9.10. The number of benzene rings is 1. The normalized spacial score (nSPS) is 21.6. The van der Waals surface area contributed by atoms with Crippen LogP contribution in [0, 0.1) is 0 Å². The largest absolute Gasteiger partial charge is 0.272 e. The number of alkyl halides is 1. The van der Waals surface area contributed by atoms with E-state index in [0.717, 1.165) is 10.8 Å². The zero-order valence-corrected chi connectivity index (χ0v) is 8.68. The van der Waals surface area contributed by atoms with Gasteiger partial charge in [0.2, 0.25) is 0 Å². The summed E-state index contributed by atoms with van der Waals surface area (Å²) in [4.78, 5) is 4.52. The van der Waals surface area contributed by atoms with Gasteiger partial charge in [0.1, 0.15) is 0 Å². The molecule has 68 valence electrons. The smallest absolute Gasteiger partial charge is 0.0981 e. The maximum atomic E-state index is 5.74. The van der Waals surface area contributed by atoms with Crippen molar-refractivity contribution in [2.24, 2.45) is 4.99 Å². The van der Waals surface area contributed by atoms with Gasteiger partial charge in [0.15, 0.2) is 0 Å². The van der Waals surface area contributed by atoms with E-state index in [2.05, 4.69) is 17.1 Å². The van der Waals surface area contributed by atoms with Crippen molar-refractivity contribution >= 4 is 28.4 Å². The molecular formula is C10H10ClNS. The molecule has 1 nitrogen and oxygen atoms in total. The molecule has 2 rings (SSSR count). The second-order valence-corrected chi connectivity index (χ2v) is 4.24. The molecule has 0 spiro atoms. The Bertz CT molecular complexity index is 310. The number of thioether (sulfide) groups is 1. The quantitative estimate of drug-likeness (QED) is 0.686. The van der Waals surface area contributed by atoms with Gasteiger partial charge < -0.3 is 0 Å². The van der Waals surface area contributed by atoms with E-state index in [1.54, 1.807) is 11.8 Å². The zero-order valence-electron chi connectivity index (χ0n) is 7.11. The van der Waals surface area contributed by atoms with Gasteiger partial charge >= 0.3 is 0 Å². The first-order valence-electron chi connectivity index (χ1n) is 4.22. The Morgan fingerprint density at radius 2 is 2.15 bits per heavy atom. The number of rotatable bonds is 2. The molecule has 0 saturated carbocycles. The van der Waals surface area contributed by atoms with E-state index < -0.39 is 0 Å². The van der Waals surface area contributed by atoms with Crippen LogP contribution in [0.3, 0.4) is 0 Å². The summed E-state index contributed by atoms with van der Waals surface area (Å²) < 4.78 is 0. The predicted octanol–water partition coefficient (Wildman–Crippen LogP) is 2.79. The van der Waals surface area contributed by atoms with Crippen LogP contribution in [0.5, 0.6) is 0 Å². The molecule has 0 aromatic heterocycles. The highest BCUT2D eigenvalue weighted by atomic mass is 35.5. The molecule has 13 heavy (non-hydrogen) atoms. The lowest BCUT2D eigenvalue weighted by Crippen LogP contribution is -2.03. The van der Waals surface area contributed by atoms with Gasteiger partial charge in [-0.1, -0.05) is 30.3 Å². The van der Waals surface area contributed by atoms with Crippen LogP contribution in [0.2, 0.25) is 0 Å². The van der Waals surface area contributed by atoms with Gasteiger partial charge in [-0.2, -0.15) is 0 Å². The fourth-order valence-electron chi connectivity index (χ4n) is 1.23. The van der Waals surface area contributed by atoms with E-state index in [4.69, 9.17) is 11.6 Å². The predicted molar refractivity (Wildman–Crippen MR) is 59.9 cm³/mol. The molecular weight excluding hydrogens is 202 g/mol. The highest BCUT2D eigenvalue weighted by molar-refractivity contribution is 8.14. The summed E-state index contributed by atoms with van der Waals surface area (Å²) in [7, 11) is 0. The lowest BCUT2D eigenvalue weighted by Gasteiger charge is -1.97. The highest BCUT2D eigenvalue weighted by Crippen LogP contribution is 2.23. The van der Waals surface area contributed by atoms with E-state index in [0.29, 0.717) is 11.9 Å². The van der Waals surface area contributed by atoms with Crippen molar-refractivity contribution in [3.05, 3.63) is 35.9 Å². The fraction of sp³-hybridized carbons (Fsp3) is 0.300. The van der Waals surface area contributed by atoms with Crippen molar-refractivity contribution in [2.75, 3.05) is 11.6 Å². The Balaban J connectivity index is 2.19. The standard InChI is InChI=1S/C10H10ClNS/c11-6-9-7-13-10(12-9)8-4-2-1-3-5-8/h1-5,9H,6-7H2. The van der Waals surface area contributed by atoms with Crippen LogP contribution >= 0.6 is 23.4 Å². The van der Waals surface area contributed by atoms with Gasteiger partial charge in [0.05, 0.1) is 11.1 Å². The van der Waals surface area contributed by atoms with Crippen molar-refractivity contribution in [2.45, 2.75) is 6.04 Å². The maximum absolute atomic E-state index is 5.74. The second-order valence-electron chi connectivity index (χ2n) is 2.92. The van der Waals surface area contributed by atoms with Crippen LogP contribution < -0.4 is 0 Å². The first-order chi connectivity index (χ1) is 6.40. The molecule has 0 amide bonds. The number of hydrogen-bond donors (Lipinski definition) is 0. The molecule has 3 heteroatoms. The van der Waals surface area contributed by atoms with Crippen molar-refractivity contribution < 1.29 is 0 Å². The third-order valence-electron chi connectivity index (χ3n) is 1.91. The van der Waals surface area contributed by atoms with Crippen LogP contribution in [0.4, 0.5) is 0 Å². The van der Waals surface area contributed by atoms with Gasteiger partial charge in [0, 0.05) is 17.2 Å². The summed E-state index contributed by atoms with van der Waals surface area (Å²) in [5.74, 6) is 1.65. The van der Waals surface area contributed by atoms with Crippen LogP contribution in [-0.2, 0) is 0 Å². The highest BCUT2D eigenvalue weighted by Gasteiger charge is 2.17. The van der Waals surface area contributed by atoms with Gasteiger partial charge in [0.25, 0.3) is 0 Å². The topological polar surface area (TPSA) is 12.4 Å². The van der Waals surface area contributed by atoms with E-state index in [1.165, 1.54) is 5.56 Å². The molecule has 1 heterocycles. The van der Waals surface area contributed by atoms with Gasteiger partial charge in [-0.3, -0.25) is 4.99 Å². The lowest BCUT2D eigenvalue weighted by atomic mass is 10.2. The summed E-state index contributed by atoms with van der Waals surface area (Å²) in [6.45, 7) is 0. The third-order valence-corrected chi connectivity index (χ3v) is 3.43. The lowest BCUT2D eigenvalue weighted by molar-refractivity contribution is 0.873. The molecule has 0 aliphatic carbocycles. The molecule has 0 fully saturated rings. The van der Waals surface area contributed by atoms with Crippen LogP contribution in [0.1, 0.15) is 5.56 Å². The SMILES string of the molecule is ClCC1CSC(c2ccccc2)=N1. The minimum absolute atomic E-state index is 0.307. The molecule has 1 aromatic rings. The minimum atomic E-state index is 0.307. The van der Waals surface area contributed by atoms with E-state index in [-0.39, 0.29) is 0 Å². The summed E-state index contributed by atoms with van der Waals surface area (Å²) in [6.07, 6.45) is 0. The Morgan fingerprint density at radius 1 is 1.38 bits per heavy atom. The maximum Gasteiger partial charge on any atom is 0.0981 e. The first-order valence-corrected chi connectivity index (χ1v) is 5.74. The molecule has 0 N–H and O–H groups in total. The summed E-state index contributed by atoms with van der Waals surface area (Å²) >= 11 is 7.53. The molecule has 0 saturated heterocycles. The van der Waals surface area contributed by atoms with Crippen molar-refractivity contribution in [3.8, 4) is 0 Å². The molecule has 1 aliphatic heterocycles. The summed E-state index contributed by atoms with van der Waals surface area (Å²) in [5, 5.41) is 1.13. The van der Waals surface area contributed by atoms with Crippen molar-refractivity contribution in [1.82, 2.24) is 0 Å². The number of halogens is 1. The van der Waals surface area contributed by atoms with Gasteiger partial charge in [-0.25, -0.2) is 0 Å². The van der Waals surface area contributed by atoms with E-state index >= 15 is 0 Å². The Morgan fingerprint density at radius 3 is 2.77 bits per heavy atom. The molecule has 1 unspecified atom stereocenters. The summed E-state index contributed by atoms with van der Waals surface area (Å²) in [6, 6.07) is 10.6. The Hall–Kier alpha value is -0.470. The van der Waals surface area contributed by atoms with Crippen molar-refractivity contribution in [3.63, 3.8) is 0 Å². The number of aliphatic imine (C=N–C) groups is 1. The monoisotopic (exact) mass is 211 g/mol. The Kier molecular flexibility index (Phi) is 2.91. The Labute approximate surface area is 87.2 Å². The van der Waals surface area contributed by atoms with E-state index in [1.807, 2.05) is 18.2 Å². The average molecular weight is 212 g/mol. The molecule has 1 aliphatic rings. The van der Waals surface area contributed by atoms with Gasteiger partial charge in [-0.15, -0.1) is 23.4 Å². The molecule has 1 atom stereocenters. The number of nitrogens with zero attached hydrogens (tertiary/aromatic N) is 1. The molecule has 0 radical (unpaired) electrons. The van der Waals surface area contributed by atoms with Gasteiger partial charge in [-0.05, 0) is 0 Å². The summed E-state index contributed by atoms with van der Waals surface area (Å²) in [5.41, 5.74) is 1.21. The van der Waals surface area contributed by atoms with E-state index in [9.17, 15) is 0 Å². The second kappa shape index (κ2) is 4.16. The van der Waals surface area contributed by atoms with Crippen LogP contribution in [0.25, 0.3) is 0 Å². The average Bonchev–Trinajstić information content (AvgIpc) is 2.67. The minimum Gasteiger partial charge on any atom is -0.272 e. The number of hydrogen-bond acceptors (Lipinski definition) is 2. The van der Waals surface area contributed by atoms with Crippen molar-refractivity contribution in [1.29, 1.82) is 0 Å². The van der Waals surface area contributed by atoms with Crippen LogP contribution in [-0.4, -0.2) is 22.7 Å². The van der Waals surface area contributed by atoms with Crippen LogP contribution in [0.15, 0.2) is 35.3 Å². The fourth-order valence-corrected chi connectivity index (χ4v) is 2.61. The zero-order chi connectivity index (χ0) is 9.10. The molecule has 0 bridgehead atoms. The molecule has 1 aromatic carbocycles. The third kappa shape index (κ3) is 2.06.